The van der Waals surface area contributed by atoms with Crippen LogP contribution in [0.15, 0.2) is 232 Å². The Morgan fingerprint density at radius 2 is 0.500 bits per heavy atom. The van der Waals surface area contributed by atoms with Crippen molar-refractivity contribution in [3.05, 3.63) is 232 Å². The van der Waals surface area contributed by atoms with Gasteiger partial charge in [0.25, 0.3) is 0 Å². The molecule has 16 aromatic rings. The molecule has 354 valence electrons. The van der Waals surface area contributed by atoms with Gasteiger partial charge < -0.3 is 9.13 Å². The minimum atomic E-state index is 0.444. The van der Waals surface area contributed by atoms with E-state index in [4.69, 9.17) is 39.9 Å². The van der Waals surface area contributed by atoms with Crippen LogP contribution in [-0.2, 0) is 0 Å². The second kappa shape index (κ2) is 16.4. The SMILES string of the molecule is c1ccc2c(c1)c1ccccc1n2-c1cnc(-c2ncc(-n3c4ccccc4c4c(-c5cccc6c5c5ccccc5n6-c5ncc(-c6cnc(-n7c8ccccc8c8ccccc87)nc6)cn5)cccc43)cn2)nc1. The van der Waals surface area contributed by atoms with Crippen molar-refractivity contribution in [2.45, 2.75) is 0 Å². The van der Waals surface area contributed by atoms with E-state index in [0.717, 1.165) is 110 Å². The highest BCUT2D eigenvalue weighted by atomic mass is 15.2. The summed E-state index contributed by atoms with van der Waals surface area (Å²) in [7, 11) is 0. The number of para-hydroxylation sites is 6. The minimum absolute atomic E-state index is 0.444. The maximum atomic E-state index is 5.01. The van der Waals surface area contributed by atoms with E-state index in [-0.39, 0.29) is 0 Å². The van der Waals surface area contributed by atoms with E-state index in [2.05, 4.69) is 188 Å². The Hall–Kier alpha value is -10.7. The Morgan fingerprint density at radius 1 is 0.224 bits per heavy atom. The number of nitrogens with zero attached hydrogens (tertiary/aromatic N) is 12. The Morgan fingerprint density at radius 3 is 0.895 bits per heavy atom. The molecule has 0 unspecified atom stereocenters. The predicted molar refractivity (Wildman–Crippen MR) is 302 cm³/mol. The van der Waals surface area contributed by atoms with Crippen LogP contribution in [0.2, 0.25) is 0 Å². The predicted octanol–water partition coefficient (Wildman–Crippen LogP) is 14.2. The van der Waals surface area contributed by atoms with Crippen LogP contribution in [0.3, 0.4) is 0 Å². The molecule has 8 heterocycles. The van der Waals surface area contributed by atoms with E-state index in [1.165, 1.54) is 10.8 Å². The van der Waals surface area contributed by atoms with Gasteiger partial charge in [-0.3, -0.25) is 9.13 Å². The molecule has 0 radical (unpaired) electrons. The maximum absolute atomic E-state index is 5.01. The van der Waals surface area contributed by atoms with Crippen LogP contribution in [0.4, 0.5) is 0 Å². The fourth-order valence-electron chi connectivity index (χ4n) is 11.6. The van der Waals surface area contributed by atoms with Crippen LogP contribution in [0.5, 0.6) is 0 Å². The fourth-order valence-corrected chi connectivity index (χ4v) is 11.6. The van der Waals surface area contributed by atoms with E-state index in [1.54, 1.807) is 0 Å². The van der Waals surface area contributed by atoms with Gasteiger partial charge in [0.15, 0.2) is 11.6 Å². The van der Waals surface area contributed by atoms with Crippen LogP contribution in [-0.4, -0.2) is 58.1 Å². The molecule has 16 rings (SSSR count). The second-order valence-corrected chi connectivity index (χ2v) is 18.9. The molecular formula is C64H38N12. The standard InChI is InChI=1S/C64H38N12/c1-7-23-51-43(15-1)44-16-2-8-24-52(44)73(51)41-35-65-61(66-36-41)62-67-37-42(38-68-62)74-55-27-11-5-19-49(55)59-47(21-13-29-57(59)74)48-22-14-30-58-60(48)50-20-6-12-28-56(50)76(58)64-71-33-40(34-72-64)39-31-69-63(70-32-39)75-53-25-9-3-17-45(53)46-18-4-10-26-54(46)75/h1-38H. The van der Waals surface area contributed by atoms with E-state index < -0.39 is 0 Å². The highest BCUT2D eigenvalue weighted by Crippen LogP contribution is 2.44. The monoisotopic (exact) mass is 974 g/mol. The van der Waals surface area contributed by atoms with Gasteiger partial charge in [-0.15, -0.1) is 0 Å². The summed E-state index contributed by atoms with van der Waals surface area (Å²) in [5.41, 5.74) is 14.0. The summed E-state index contributed by atoms with van der Waals surface area (Å²) in [6.07, 6.45) is 14.8. The Kier molecular flexibility index (Phi) is 9.03. The average Bonchev–Trinajstić information content (AvgIpc) is 4.30. The molecular weight excluding hydrogens is 937 g/mol. The normalized spacial score (nSPS) is 11.9. The summed E-state index contributed by atoms with van der Waals surface area (Å²) >= 11 is 0. The molecule has 0 fully saturated rings. The van der Waals surface area contributed by atoms with Crippen molar-refractivity contribution in [1.29, 1.82) is 0 Å². The van der Waals surface area contributed by atoms with Crippen molar-refractivity contribution in [3.8, 4) is 57.2 Å². The molecule has 12 nitrogen and oxygen atoms in total. The summed E-state index contributed by atoms with van der Waals surface area (Å²) in [6.45, 7) is 0. The zero-order chi connectivity index (χ0) is 49.8. The van der Waals surface area contributed by atoms with E-state index in [9.17, 15) is 0 Å². The van der Waals surface area contributed by atoms with Crippen LogP contribution >= 0.6 is 0 Å². The van der Waals surface area contributed by atoms with Gasteiger partial charge in [-0.1, -0.05) is 133 Å². The maximum Gasteiger partial charge on any atom is 0.234 e. The third-order valence-corrected chi connectivity index (χ3v) is 14.8. The van der Waals surface area contributed by atoms with Gasteiger partial charge in [-0.25, -0.2) is 39.9 Å². The van der Waals surface area contributed by atoms with Crippen LogP contribution in [0.1, 0.15) is 0 Å². The highest BCUT2D eigenvalue weighted by molar-refractivity contribution is 6.22. The topological polar surface area (TPSA) is 123 Å². The molecule has 0 spiro atoms. The van der Waals surface area contributed by atoms with Crippen molar-refractivity contribution < 1.29 is 0 Å². The molecule has 0 aliphatic heterocycles. The number of aromatic nitrogens is 12. The lowest BCUT2D eigenvalue weighted by molar-refractivity contribution is 0.978. The summed E-state index contributed by atoms with van der Waals surface area (Å²) in [6, 6.07) is 63.6. The van der Waals surface area contributed by atoms with Gasteiger partial charge in [-0.2, -0.15) is 0 Å². The first-order valence-electron chi connectivity index (χ1n) is 25.0. The molecule has 0 saturated heterocycles. The van der Waals surface area contributed by atoms with Gasteiger partial charge in [-0.05, 0) is 59.7 Å². The van der Waals surface area contributed by atoms with Gasteiger partial charge in [0, 0.05) is 79.0 Å². The quantitative estimate of drug-likeness (QED) is 0.155. The minimum Gasteiger partial charge on any atom is -0.306 e. The Labute approximate surface area is 432 Å². The molecule has 8 aromatic heterocycles. The molecule has 0 bridgehead atoms. The molecule has 0 saturated carbocycles. The largest absolute Gasteiger partial charge is 0.306 e. The summed E-state index contributed by atoms with van der Waals surface area (Å²) in [5, 5.41) is 9.15. The lowest BCUT2D eigenvalue weighted by Gasteiger charge is -2.11. The van der Waals surface area contributed by atoms with Crippen molar-refractivity contribution in [1.82, 2.24) is 58.1 Å². The summed E-state index contributed by atoms with van der Waals surface area (Å²) in [4.78, 5) is 39.1. The van der Waals surface area contributed by atoms with E-state index in [0.29, 0.717) is 23.5 Å². The van der Waals surface area contributed by atoms with Gasteiger partial charge in [0.2, 0.25) is 11.9 Å². The molecule has 0 aliphatic rings. The molecule has 12 heteroatoms. The van der Waals surface area contributed by atoms with Crippen LogP contribution in [0.25, 0.3) is 144 Å². The molecule has 0 N–H and O–H groups in total. The van der Waals surface area contributed by atoms with Crippen molar-refractivity contribution in [2.24, 2.45) is 0 Å². The third-order valence-electron chi connectivity index (χ3n) is 14.8. The Balaban J connectivity index is 0.755. The average molecular weight is 975 g/mol. The summed E-state index contributed by atoms with van der Waals surface area (Å²) in [5.74, 6) is 2.07. The number of benzene rings is 8. The fraction of sp³-hybridized carbons (Fsp3) is 0. The molecule has 8 aromatic carbocycles. The van der Waals surface area contributed by atoms with Gasteiger partial charge in [0.1, 0.15) is 0 Å². The Bertz CT molecular complexity index is 4550. The third kappa shape index (κ3) is 6.18. The second-order valence-electron chi connectivity index (χ2n) is 18.9. The van der Waals surface area contributed by atoms with Crippen molar-refractivity contribution in [2.75, 3.05) is 0 Å². The molecule has 0 amide bonds. The molecule has 0 atom stereocenters. The van der Waals surface area contributed by atoms with Crippen LogP contribution in [0, 0.1) is 0 Å². The van der Waals surface area contributed by atoms with Crippen molar-refractivity contribution >= 4 is 87.2 Å². The first-order valence-corrected chi connectivity index (χ1v) is 25.0. The zero-order valence-electron chi connectivity index (χ0n) is 40.3. The number of fused-ring (bicyclic) bond motifs is 12. The highest BCUT2D eigenvalue weighted by Gasteiger charge is 2.23. The van der Waals surface area contributed by atoms with Crippen LogP contribution < -0.4 is 0 Å². The lowest BCUT2D eigenvalue weighted by Crippen LogP contribution is -2.02. The first kappa shape index (κ1) is 41.9. The first-order chi connectivity index (χ1) is 37.7. The number of hydrogen-bond acceptors (Lipinski definition) is 8. The molecule has 0 aliphatic carbocycles. The summed E-state index contributed by atoms with van der Waals surface area (Å²) < 4.78 is 8.71. The zero-order valence-corrected chi connectivity index (χ0v) is 40.3. The smallest absolute Gasteiger partial charge is 0.234 e. The van der Waals surface area contributed by atoms with Gasteiger partial charge >= 0.3 is 0 Å². The van der Waals surface area contributed by atoms with Gasteiger partial charge in [0.05, 0.1) is 80.3 Å². The lowest BCUT2D eigenvalue weighted by atomic mass is 9.95. The van der Waals surface area contributed by atoms with E-state index in [1.807, 2.05) is 61.7 Å². The number of rotatable bonds is 7. The number of hydrogen-bond donors (Lipinski definition) is 0. The molecule has 76 heavy (non-hydrogen) atoms. The van der Waals surface area contributed by atoms with Crippen molar-refractivity contribution in [3.63, 3.8) is 0 Å². The van der Waals surface area contributed by atoms with E-state index >= 15 is 0 Å².